The highest BCUT2D eigenvalue weighted by molar-refractivity contribution is 9.10. The summed E-state index contributed by atoms with van der Waals surface area (Å²) in [6.07, 6.45) is 2.50. The van der Waals surface area contributed by atoms with E-state index in [1.165, 1.54) is 0 Å². The van der Waals surface area contributed by atoms with E-state index < -0.39 is 0 Å². The Morgan fingerprint density at radius 2 is 2.05 bits per heavy atom. The highest BCUT2D eigenvalue weighted by Crippen LogP contribution is 2.33. The third-order valence-corrected chi connectivity index (χ3v) is 4.52. The first-order valence-corrected chi connectivity index (χ1v) is 7.79. The summed E-state index contributed by atoms with van der Waals surface area (Å²) in [6.45, 7) is 2.61. The van der Waals surface area contributed by atoms with Crippen LogP contribution < -0.4 is 10.5 Å². The molecule has 1 aromatic carbocycles. The van der Waals surface area contributed by atoms with Gasteiger partial charge in [0.25, 0.3) is 0 Å². The molecule has 5 heteroatoms. The zero-order valence-corrected chi connectivity index (χ0v) is 13.7. The van der Waals surface area contributed by atoms with Crippen LogP contribution in [0.3, 0.4) is 0 Å². The highest BCUT2D eigenvalue weighted by Gasteiger charge is 2.27. The Labute approximate surface area is 129 Å². The molecule has 4 nitrogen and oxygen atoms in total. The maximum Gasteiger partial charge on any atom is 0.123 e. The van der Waals surface area contributed by atoms with E-state index in [9.17, 15) is 0 Å². The summed E-state index contributed by atoms with van der Waals surface area (Å²) in [5.41, 5.74) is 7.19. The van der Waals surface area contributed by atoms with E-state index in [0.717, 1.165) is 41.7 Å². The first-order chi connectivity index (χ1) is 9.69. The van der Waals surface area contributed by atoms with Crippen LogP contribution in [-0.4, -0.2) is 44.9 Å². The Balaban J connectivity index is 2.18. The van der Waals surface area contributed by atoms with E-state index in [-0.39, 0.29) is 6.04 Å². The van der Waals surface area contributed by atoms with Crippen molar-refractivity contribution in [1.82, 2.24) is 4.90 Å². The number of hydrogen-bond donors (Lipinski definition) is 1. The Morgan fingerprint density at radius 3 is 2.60 bits per heavy atom. The van der Waals surface area contributed by atoms with Gasteiger partial charge in [-0.1, -0.05) is 15.9 Å². The van der Waals surface area contributed by atoms with Gasteiger partial charge in [0.2, 0.25) is 0 Å². The van der Waals surface area contributed by atoms with Crippen molar-refractivity contribution in [2.75, 3.05) is 33.9 Å². The van der Waals surface area contributed by atoms with E-state index in [2.05, 4.69) is 26.9 Å². The fourth-order valence-corrected chi connectivity index (χ4v) is 3.24. The van der Waals surface area contributed by atoms with Gasteiger partial charge in [-0.15, -0.1) is 0 Å². The number of hydrogen-bond acceptors (Lipinski definition) is 4. The molecule has 0 aromatic heterocycles. The molecule has 0 aliphatic carbocycles. The molecular formula is C15H23BrN2O2. The maximum atomic E-state index is 6.03. The molecule has 1 fully saturated rings. The number of ether oxygens (including phenoxy) is 2. The van der Waals surface area contributed by atoms with Crippen LogP contribution >= 0.6 is 15.9 Å². The molecule has 1 saturated heterocycles. The molecule has 0 spiro atoms. The van der Waals surface area contributed by atoms with Gasteiger partial charge >= 0.3 is 0 Å². The fourth-order valence-electron chi connectivity index (χ4n) is 2.86. The lowest BCUT2D eigenvalue weighted by molar-refractivity contribution is 0.0277. The number of piperidine rings is 1. The second kappa shape index (κ2) is 7.41. The van der Waals surface area contributed by atoms with Gasteiger partial charge in [0.05, 0.1) is 19.3 Å². The van der Waals surface area contributed by atoms with Gasteiger partial charge in [0.15, 0.2) is 0 Å². The molecule has 0 radical (unpaired) electrons. The Bertz CT molecular complexity index is 434. The van der Waals surface area contributed by atoms with Gasteiger partial charge in [0, 0.05) is 36.8 Å². The van der Waals surface area contributed by atoms with Gasteiger partial charge in [0.1, 0.15) is 5.75 Å². The number of methoxy groups -OCH3 is 2. The minimum Gasteiger partial charge on any atom is -0.496 e. The predicted octanol–water partition coefficient (Wildman–Crippen LogP) is 2.57. The smallest absolute Gasteiger partial charge is 0.123 e. The number of halogens is 1. The molecular weight excluding hydrogens is 320 g/mol. The summed E-state index contributed by atoms with van der Waals surface area (Å²) in [6, 6.07) is 6.29. The molecule has 20 heavy (non-hydrogen) atoms. The Hall–Kier alpha value is -0.620. The lowest BCUT2D eigenvalue weighted by Crippen LogP contribution is -2.41. The summed E-state index contributed by atoms with van der Waals surface area (Å²) in [7, 11) is 3.50. The van der Waals surface area contributed by atoms with Crippen LogP contribution in [0.4, 0.5) is 0 Å². The van der Waals surface area contributed by atoms with Crippen molar-refractivity contribution in [1.29, 1.82) is 0 Å². The van der Waals surface area contributed by atoms with Gasteiger partial charge in [-0.05, 0) is 31.0 Å². The first kappa shape index (κ1) is 15.8. The van der Waals surface area contributed by atoms with Crippen molar-refractivity contribution in [3.8, 4) is 5.75 Å². The zero-order chi connectivity index (χ0) is 14.5. The third-order valence-electron chi connectivity index (χ3n) is 4.02. The molecule has 1 atom stereocenters. The average molecular weight is 343 g/mol. The first-order valence-electron chi connectivity index (χ1n) is 7.00. The average Bonchev–Trinajstić information content (AvgIpc) is 2.49. The topological polar surface area (TPSA) is 47.7 Å². The summed E-state index contributed by atoms with van der Waals surface area (Å²) >= 11 is 3.53. The zero-order valence-electron chi connectivity index (χ0n) is 12.1. The maximum absolute atomic E-state index is 6.03. The van der Waals surface area contributed by atoms with Crippen LogP contribution in [0.5, 0.6) is 5.75 Å². The highest BCUT2D eigenvalue weighted by atomic mass is 79.9. The SMILES string of the molecule is COc1ccc(Br)cc1C(CN)N1CCC(OC)CC1. The lowest BCUT2D eigenvalue weighted by atomic mass is 9.99. The van der Waals surface area contributed by atoms with Gasteiger partial charge in [-0.3, -0.25) is 4.90 Å². The number of nitrogens with zero attached hydrogens (tertiary/aromatic N) is 1. The molecule has 1 aromatic rings. The number of benzene rings is 1. The number of rotatable bonds is 5. The Kier molecular flexibility index (Phi) is 5.84. The quantitative estimate of drug-likeness (QED) is 0.893. The van der Waals surface area contributed by atoms with E-state index in [4.69, 9.17) is 15.2 Å². The number of nitrogens with two attached hydrogens (primary N) is 1. The van der Waals surface area contributed by atoms with Crippen LogP contribution in [0.1, 0.15) is 24.4 Å². The predicted molar refractivity (Wildman–Crippen MR) is 84.1 cm³/mol. The molecule has 1 unspecified atom stereocenters. The second-order valence-corrected chi connectivity index (χ2v) is 6.02. The molecule has 1 aliphatic heterocycles. The lowest BCUT2D eigenvalue weighted by Gasteiger charge is -2.37. The van der Waals surface area contributed by atoms with Gasteiger partial charge in [-0.2, -0.15) is 0 Å². The van der Waals surface area contributed by atoms with Crippen molar-refractivity contribution in [3.63, 3.8) is 0 Å². The van der Waals surface area contributed by atoms with Crippen LogP contribution in [-0.2, 0) is 4.74 Å². The van der Waals surface area contributed by atoms with E-state index in [1.807, 2.05) is 12.1 Å². The van der Waals surface area contributed by atoms with Crippen molar-refractivity contribution >= 4 is 15.9 Å². The van der Waals surface area contributed by atoms with E-state index in [0.29, 0.717) is 12.6 Å². The molecule has 2 rings (SSSR count). The van der Waals surface area contributed by atoms with Crippen molar-refractivity contribution < 1.29 is 9.47 Å². The van der Waals surface area contributed by atoms with Crippen LogP contribution in [0, 0.1) is 0 Å². The largest absolute Gasteiger partial charge is 0.496 e. The molecule has 0 saturated carbocycles. The molecule has 2 N–H and O–H groups in total. The minimum absolute atomic E-state index is 0.195. The van der Waals surface area contributed by atoms with Crippen LogP contribution in [0.15, 0.2) is 22.7 Å². The number of likely N-dealkylation sites (tertiary alicyclic amines) is 1. The fraction of sp³-hybridized carbons (Fsp3) is 0.600. The Morgan fingerprint density at radius 1 is 1.35 bits per heavy atom. The van der Waals surface area contributed by atoms with E-state index in [1.54, 1.807) is 14.2 Å². The molecule has 112 valence electrons. The van der Waals surface area contributed by atoms with E-state index >= 15 is 0 Å². The second-order valence-electron chi connectivity index (χ2n) is 5.11. The monoisotopic (exact) mass is 342 g/mol. The van der Waals surface area contributed by atoms with Crippen molar-refractivity contribution in [2.45, 2.75) is 25.0 Å². The molecule has 0 bridgehead atoms. The molecule has 0 amide bonds. The van der Waals surface area contributed by atoms with Crippen LogP contribution in [0.2, 0.25) is 0 Å². The van der Waals surface area contributed by atoms with Crippen molar-refractivity contribution in [2.24, 2.45) is 5.73 Å². The molecule has 1 heterocycles. The van der Waals surface area contributed by atoms with Gasteiger partial charge in [-0.25, -0.2) is 0 Å². The summed E-state index contributed by atoms with van der Waals surface area (Å²) in [4.78, 5) is 2.43. The normalized spacial score (nSPS) is 19.0. The summed E-state index contributed by atoms with van der Waals surface area (Å²) < 4.78 is 12.0. The summed E-state index contributed by atoms with van der Waals surface area (Å²) in [5, 5.41) is 0. The van der Waals surface area contributed by atoms with Crippen LogP contribution in [0.25, 0.3) is 0 Å². The minimum atomic E-state index is 0.195. The molecule has 1 aliphatic rings. The van der Waals surface area contributed by atoms with Gasteiger partial charge < -0.3 is 15.2 Å². The summed E-state index contributed by atoms with van der Waals surface area (Å²) in [5.74, 6) is 0.900. The third kappa shape index (κ3) is 3.52. The van der Waals surface area contributed by atoms with Crippen molar-refractivity contribution in [3.05, 3.63) is 28.2 Å². The standard InChI is InChI=1S/C15H23BrN2O2/c1-19-12-5-7-18(8-6-12)14(10-17)13-9-11(16)3-4-15(13)20-2/h3-4,9,12,14H,5-8,10,17H2,1-2H3.